The largest absolute Gasteiger partial charge is 0.456 e. The average molecular weight is 730 g/mol. The van der Waals surface area contributed by atoms with E-state index in [0.29, 0.717) is 17.6 Å². The van der Waals surface area contributed by atoms with Crippen LogP contribution in [0.3, 0.4) is 0 Å². The van der Waals surface area contributed by atoms with Gasteiger partial charge < -0.3 is 8.98 Å². The fourth-order valence-corrected chi connectivity index (χ4v) is 8.63. The molecule has 4 aromatic heterocycles. The van der Waals surface area contributed by atoms with Gasteiger partial charge in [-0.05, 0) is 59.7 Å². The lowest BCUT2D eigenvalue weighted by Gasteiger charge is -2.12. The van der Waals surface area contributed by atoms with Crippen molar-refractivity contribution in [2.75, 3.05) is 0 Å². The molecule has 0 saturated heterocycles. The maximum Gasteiger partial charge on any atom is 0.238 e. The van der Waals surface area contributed by atoms with Crippen LogP contribution in [0.2, 0.25) is 0 Å². The second kappa shape index (κ2) is 12.3. The molecule has 0 aliphatic heterocycles. The maximum absolute atomic E-state index is 6.24. The topological polar surface area (TPSA) is 61.7 Å². The van der Waals surface area contributed by atoms with Crippen molar-refractivity contribution in [3.63, 3.8) is 0 Å². The van der Waals surface area contributed by atoms with Gasteiger partial charge in [-0.25, -0.2) is 4.98 Å². The highest BCUT2D eigenvalue weighted by molar-refractivity contribution is 6.26. The number of para-hydroxylation sites is 3. The summed E-state index contributed by atoms with van der Waals surface area (Å²) >= 11 is 0. The van der Waals surface area contributed by atoms with Gasteiger partial charge in [-0.15, -0.1) is 0 Å². The summed E-state index contributed by atoms with van der Waals surface area (Å²) in [6.07, 6.45) is 0. The van der Waals surface area contributed by atoms with Crippen molar-refractivity contribution in [2.45, 2.75) is 0 Å². The summed E-state index contributed by atoms with van der Waals surface area (Å²) in [6.45, 7) is 0. The Morgan fingerprint density at radius 2 is 0.965 bits per heavy atom. The minimum absolute atomic E-state index is 0.561. The van der Waals surface area contributed by atoms with Crippen molar-refractivity contribution in [1.29, 1.82) is 0 Å². The molecule has 12 rings (SSSR count). The predicted molar refractivity (Wildman–Crippen MR) is 232 cm³/mol. The van der Waals surface area contributed by atoms with Crippen LogP contribution in [-0.2, 0) is 0 Å². The van der Waals surface area contributed by atoms with Gasteiger partial charge in [-0.3, -0.25) is 4.57 Å². The van der Waals surface area contributed by atoms with Gasteiger partial charge >= 0.3 is 0 Å². The first-order chi connectivity index (χ1) is 28.3. The number of hydrogen-bond acceptors (Lipinski definition) is 4. The minimum atomic E-state index is 0.561. The van der Waals surface area contributed by atoms with Crippen molar-refractivity contribution < 1.29 is 4.42 Å². The summed E-state index contributed by atoms with van der Waals surface area (Å²) in [5, 5.41) is 6.73. The molecule has 0 amide bonds. The van der Waals surface area contributed by atoms with Crippen LogP contribution in [0.5, 0.6) is 0 Å². The summed E-state index contributed by atoms with van der Waals surface area (Å²) in [7, 11) is 0. The van der Waals surface area contributed by atoms with Crippen molar-refractivity contribution in [3.8, 4) is 45.5 Å². The zero-order valence-corrected chi connectivity index (χ0v) is 30.5. The van der Waals surface area contributed by atoms with Crippen molar-refractivity contribution in [1.82, 2.24) is 24.1 Å². The van der Waals surface area contributed by atoms with Gasteiger partial charge in [0.2, 0.25) is 5.95 Å². The summed E-state index contributed by atoms with van der Waals surface area (Å²) < 4.78 is 10.9. The first kappa shape index (κ1) is 31.5. The zero-order chi connectivity index (χ0) is 37.5. The number of rotatable bonds is 5. The molecule has 0 bridgehead atoms. The van der Waals surface area contributed by atoms with Crippen molar-refractivity contribution in [2.24, 2.45) is 0 Å². The molecule has 0 N–H and O–H groups in total. The Morgan fingerprint density at radius 1 is 0.351 bits per heavy atom. The van der Waals surface area contributed by atoms with E-state index in [-0.39, 0.29) is 0 Å². The number of benzene rings is 8. The molecule has 0 unspecified atom stereocenters. The molecular weight excluding hydrogens is 699 g/mol. The highest BCUT2D eigenvalue weighted by Crippen LogP contribution is 2.42. The number of fused-ring (bicyclic) bond motifs is 10. The molecule has 266 valence electrons. The van der Waals surface area contributed by atoms with E-state index in [4.69, 9.17) is 19.4 Å². The maximum atomic E-state index is 6.24. The Hall–Kier alpha value is -7.83. The number of hydrogen-bond donors (Lipinski definition) is 0. The molecule has 0 aliphatic rings. The number of nitrogens with zero attached hydrogens (tertiary/aromatic N) is 5. The highest BCUT2D eigenvalue weighted by Gasteiger charge is 2.23. The Balaban J connectivity index is 1.17. The minimum Gasteiger partial charge on any atom is -0.456 e. The van der Waals surface area contributed by atoms with E-state index in [1.165, 1.54) is 0 Å². The molecule has 8 aromatic carbocycles. The quantitative estimate of drug-likeness (QED) is 0.177. The summed E-state index contributed by atoms with van der Waals surface area (Å²) in [4.78, 5) is 15.8. The fraction of sp³-hybridized carbons (Fsp3) is 0. The van der Waals surface area contributed by atoms with Crippen LogP contribution in [0, 0.1) is 0 Å². The summed E-state index contributed by atoms with van der Waals surface area (Å²) in [5.74, 6) is 1.78. The molecule has 57 heavy (non-hydrogen) atoms. The normalized spacial score (nSPS) is 11.9. The van der Waals surface area contributed by atoms with Crippen LogP contribution >= 0.6 is 0 Å². The van der Waals surface area contributed by atoms with E-state index in [0.717, 1.165) is 93.5 Å². The van der Waals surface area contributed by atoms with Crippen molar-refractivity contribution >= 4 is 65.6 Å². The molecule has 6 heteroatoms. The van der Waals surface area contributed by atoms with Gasteiger partial charge in [0, 0.05) is 49.1 Å². The third-order valence-corrected chi connectivity index (χ3v) is 11.2. The lowest BCUT2D eigenvalue weighted by Crippen LogP contribution is -2.06. The SMILES string of the molecule is c1ccc(-c2cccc(-c3nc(-c4ccccc4)nc(-n4c5ccccc5c5ccc6c(c7ccccc7n6-c6ccc7oc8ccccc8c7c6)c54)n3)c2)cc1. The summed E-state index contributed by atoms with van der Waals surface area (Å²) in [5.41, 5.74) is 11.2. The molecular formula is C51H31N5O. The Kier molecular flexibility index (Phi) is 6.83. The van der Waals surface area contributed by atoms with Crippen LogP contribution in [0.1, 0.15) is 0 Å². The van der Waals surface area contributed by atoms with Gasteiger partial charge in [-0.1, -0.05) is 140 Å². The van der Waals surface area contributed by atoms with Gasteiger partial charge in [0.25, 0.3) is 0 Å². The molecule has 0 aliphatic carbocycles. The Labute approximate surface area is 326 Å². The van der Waals surface area contributed by atoms with Gasteiger partial charge in [0.15, 0.2) is 11.6 Å². The molecule has 0 radical (unpaired) electrons. The first-order valence-corrected chi connectivity index (χ1v) is 19.1. The van der Waals surface area contributed by atoms with E-state index in [1.54, 1.807) is 0 Å². The standard InChI is InChI=1S/C51H31N5O/c1-3-14-32(15-4-1)34-18-13-19-35(30-34)50-52-49(33-16-5-2-6-17-33)53-51(54-50)56-42-23-10-7-20-37(42)39-27-28-44-47(48(39)56)40-22-8-11-24-43(40)55(44)36-26-29-46-41(31-36)38-21-9-12-25-45(38)57-46/h1-31H. The van der Waals surface area contributed by atoms with Gasteiger partial charge in [0.05, 0.1) is 22.1 Å². The van der Waals surface area contributed by atoms with Gasteiger partial charge in [0.1, 0.15) is 11.2 Å². The number of furan rings is 1. The molecule has 0 saturated carbocycles. The fourth-order valence-electron chi connectivity index (χ4n) is 8.63. The van der Waals surface area contributed by atoms with E-state index in [9.17, 15) is 0 Å². The van der Waals surface area contributed by atoms with E-state index < -0.39 is 0 Å². The van der Waals surface area contributed by atoms with Crippen LogP contribution < -0.4 is 0 Å². The number of aromatic nitrogens is 5. The molecule has 12 aromatic rings. The Bertz CT molecular complexity index is 3520. The van der Waals surface area contributed by atoms with E-state index in [1.807, 2.05) is 36.4 Å². The van der Waals surface area contributed by atoms with Crippen LogP contribution in [-0.4, -0.2) is 24.1 Å². The van der Waals surface area contributed by atoms with E-state index >= 15 is 0 Å². The van der Waals surface area contributed by atoms with Crippen LogP contribution in [0.25, 0.3) is 111 Å². The summed E-state index contributed by atoms with van der Waals surface area (Å²) in [6, 6.07) is 65.5. The predicted octanol–water partition coefficient (Wildman–Crippen LogP) is 13.0. The van der Waals surface area contributed by atoms with Crippen LogP contribution in [0.4, 0.5) is 0 Å². The van der Waals surface area contributed by atoms with Crippen molar-refractivity contribution in [3.05, 3.63) is 188 Å². The van der Waals surface area contributed by atoms with E-state index in [2.05, 4.69) is 161 Å². The second-order valence-electron chi connectivity index (χ2n) is 14.4. The lowest BCUT2D eigenvalue weighted by atomic mass is 10.0. The second-order valence-corrected chi connectivity index (χ2v) is 14.4. The molecule has 0 fully saturated rings. The average Bonchev–Trinajstić information content (AvgIpc) is 3.94. The molecule has 0 spiro atoms. The van der Waals surface area contributed by atoms with Crippen LogP contribution in [0.15, 0.2) is 192 Å². The lowest BCUT2D eigenvalue weighted by molar-refractivity contribution is 0.669. The Morgan fingerprint density at radius 3 is 1.77 bits per heavy atom. The molecule has 4 heterocycles. The molecule has 6 nitrogen and oxygen atoms in total. The smallest absolute Gasteiger partial charge is 0.238 e. The zero-order valence-electron chi connectivity index (χ0n) is 30.5. The highest BCUT2D eigenvalue weighted by atomic mass is 16.3. The van der Waals surface area contributed by atoms with Gasteiger partial charge in [-0.2, -0.15) is 9.97 Å². The first-order valence-electron chi connectivity index (χ1n) is 19.1. The third kappa shape index (κ3) is 4.87. The molecule has 0 atom stereocenters. The monoisotopic (exact) mass is 729 g/mol. The third-order valence-electron chi connectivity index (χ3n) is 11.2.